The lowest BCUT2D eigenvalue weighted by Crippen LogP contribution is -2.26. The molecule has 5 rings (SSSR count). The van der Waals surface area contributed by atoms with E-state index in [1.54, 1.807) is 37.5 Å². The number of allylic oxidation sites excluding steroid dienone is 1. The van der Waals surface area contributed by atoms with Gasteiger partial charge in [0.15, 0.2) is 17.3 Å². The van der Waals surface area contributed by atoms with Crippen LogP contribution in [0.1, 0.15) is 25.0 Å². The summed E-state index contributed by atoms with van der Waals surface area (Å²) in [6.07, 6.45) is 7.37. The topological polar surface area (TPSA) is 93.9 Å². The van der Waals surface area contributed by atoms with E-state index >= 15 is 0 Å². The molecule has 1 N–H and O–H groups in total. The van der Waals surface area contributed by atoms with Crippen LogP contribution >= 0.6 is 0 Å². The Morgan fingerprint density at radius 2 is 2.05 bits per heavy atom. The molecule has 1 fully saturated rings. The zero-order valence-corrected chi connectivity index (χ0v) is 20.8. The third-order valence-corrected chi connectivity index (χ3v) is 6.36. The summed E-state index contributed by atoms with van der Waals surface area (Å²) >= 11 is 0. The fraction of sp³-hybridized carbons (Fsp3) is 0.259. The largest absolute Gasteiger partial charge is 0.493 e. The molecule has 0 aliphatic carbocycles. The van der Waals surface area contributed by atoms with E-state index in [-0.39, 0.29) is 17.7 Å². The van der Waals surface area contributed by atoms with Crippen molar-refractivity contribution in [1.82, 2.24) is 24.3 Å². The molecular weight excluding hydrogens is 475 g/mol. The molecule has 190 valence electrons. The number of carbonyl (C=O) groups excluding carboxylic acids is 1. The lowest BCUT2D eigenvalue weighted by atomic mass is 10.0. The van der Waals surface area contributed by atoms with Crippen LogP contribution in [-0.4, -0.2) is 57.4 Å². The van der Waals surface area contributed by atoms with Gasteiger partial charge in [0.2, 0.25) is 11.9 Å². The van der Waals surface area contributed by atoms with Crippen molar-refractivity contribution in [2.45, 2.75) is 19.3 Å². The summed E-state index contributed by atoms with van der Waals surface area (Å²) < 4.78 is 27.3. The van der Waals surface area contributed by atoms with Gasteiger partial charge < -0.3 is 19.7 Å². The van der Waals surface area contributed by atoms with Gasteiger partial charge in [-0.15, -0.1) is 0 Å². The van der Waals surface area contributed by atoms with Crippen LogP contribution in [0.2, 0.25) is 0 Å². The Kier molecular flexibility index (Phi) is 6.72. The quantitative estimate of drug-likeness (QED) is 0.367. The molecule has 1 aliphatic rings. The molecule has 0 radical (unpaired) electrons. The van der Waals surface area contributed by atoms with Crippen molar-refractivity contribution in [3.63, 3.8) is 0 Å². The molecule has 4 heterocycles. The number of aromatic nitrogens is 4. The van der Waals surface area contributed by atoms with Gasteiger partial charge in [-0.05, 0) is 55.8 Å². The van der Waals surface area contributed by atoms with Crippen LogP contribution in [0, 0.1) is 5.82 Å². The van der Waals surface area contributed by atoms with E-state index in [0.29, 0.717) is 36.4 Å². The minimum absolute atomic E-state index is 0.0102. The van der Waals surface area contributed by atoms with Crippen molar-refractivity contribution in [1.29, 1.82) is 0 Å². The minimum atomic E-state index is -0.569. The number of benzene rings is 1. The molecule has 10 heteroatoms. The number of imidazole rings is 1. The molecule has 1 atom stereocenters. The fourth-order valence-electron chi connectivity index (χ4n) is 4.60. The van der Waals surface area contributed by atoms with Crippen LogP contribution in [0.15, 0.2) is 60.9 Å². The normalized spacial score (nSPS) is 15.5. The van der Waals surface area contributed by atoms with E-state index in [1.165, 1.54) is 25.4 Å². The van der Waals surface area contributed by atoms with Gasteiger partial charge in [0.25, 0.3) is 5.88 Å². The van der Waals surface area contributed by atoms with E-state index in [0.717, 1.165) is 23.2 Å². The predicted molar refractivity (Wildman–Crippen MR) is 138 cm³/mol. The first-order valence-corrected chi connectivity index (χ1v) is 12.0. The summed E-state index contributed by atoms with van der Waals surface area (Å²) in [5, 5.41) is 3.14. The SMILES string of the molecule is C/C=C\C(=O)N1CCC(c2nc(-c3ccc(Oc4ncccc4F)c(OC)c3)n3c(NC)nccc23)C1. The maximum absolute atomic E-state index is 14.1. The Hall–Kier alpha value is -4.47. The standard InChI is InChI=1S/C27H27FN6O3/c1-4-6-23(35)33-14-11-18(16-33)24-20-10-13-31-27(29-2)34(20)25(32-24)17-8-9-21(22(15-17)36-3)37-26-19(28)7-5-12-30-26/h4-10,12-13,15,18H,11,14,16H2,1-3H3,(H,29,31)/b6-4-. The lowest BCUT2D eigenvalue weighted by Gasteiger charge is -2.13. The molecule has 0 bridgehead atoms. The van der Waals surface area contributed by atoms with Crippen molar-refractivity contribution in [2.75, 3.05) is 32.6 Å². The number of pyridine rings is 1. The Balaban J connectivity index is 1.56. The highest BCUT2D eigenvalue weighted by Gasteiger charge is 2.31. The van der Waals surface area contributed by atoms with Gasteiger partial charge in [0.1, 0.15) is 5.82 Å². The molecule has 0 spiro atoms. The molecule has 1 unspecified atom stereocenters. The first kappa shape index (κ1) is 24.2. The number of hydrogen-bond donors (Lipinski definition) is 1. The van der Waals surface area contributed by atoms with Gasteiger partial charge in [-0.2, -0.15) is 0 Å². The summed E-state index contributed by atoms with van der Waals surface area (Å²) in [6, 6.07) is 10.0. The van der Waals surface area contributed by atoms with E-state index in [9.17, 15) is 9.18 Å². The molecule has 9 nitrogen and oxygen atoms in total. The summed E-state index contributed by atoms with van der Waals surface area (Å²) in [5.41, 5.74) is 2.57. The molecule has 0 saturated carbocycles. The van der Waals surface area contributed by atoms with Crippen molar-refractivity contribution in [2.24, 2.45) is 0 Å². The molecule has 1 amide bonds. The van der Waals surface area contributed by atoms with Crippen molar-refractivity contribution in [3.8, 4) is 28.8 Å². The second-order valence-corrected chi connectivity index (χ2v) is 8.59. The van der Waals surface area contributed by atoms with Gasteiger partial charge in [0.05, 0.1) is 18.3 Å². The van der Waals surface area contributed by atoms with Gasteiger partial charge in [0, 0.05) is 44.0 Å². The molecular formula is C27H27FN6O3. The number of halogens is 1. The first-order chi connectivity index (χ1) is 18.0. The zero-order valence-electron chi connectivity index (χ0n) is 20.8. The highest BCUT2D eigenvalue weighted by atomic mass is 19.1. The molecule has 4 aromatic rings. The highest BCUT2D eigenvalue weighted by molar-refractivity contribution is 5.87. The summed E-state index contributed by atoms with van der Waals surface area (Å²) in [5.74, 6) is 1.40. The number of nitrogens with zero attached hydrogens (tertiary/aromatic N) is 5. The Morgan fingerprint density at radius 1 is 1.19 bits per heavy atom. The number of ether oxygens (including phenoxy) is 2. The number of methoxy groups -OCH3 is 1. The molecule has 1 aromatic carbocycles. The van der Waals surface area contributed by atoms with Crippen molar-refractivity contribution in [3.05, 3.63) is 72.5 Å². The van der Waals surface area contributed by atoms with E-state index in [2.05, 4.69) is 15.3 Å². The van der Waals surface area contributed by atoms with Crippen LogP contribution in [0.3, 0.4) is 0 Å². The Morgan fingerprint density at radius 3 is 2.81 bits per heavy atom. The summed E-state index contributed by atoms with van der Waals surface area (Å²) in [6.45, 7) is 3.11. The van der Waals surface area contributed by atoms with Crippen molar-refractivity contribution >= 4 is 17.4 Å². The number of hydrogen-bond acceptors (Lipinski definition) is 7. The Bertz CT molecular complexity index is 1480. The van der Waals surface area contributed by atoms with Gasteiger partial charge in [-0.25, -0.2) is 19.3 Å². The maximum atomic E-state index is 14.1. The number of anilines is 1. The van der Waals surface area contributed by atoms with E-state index < -0.39 is 5.82 Å². The van der Waals surface area contributed by atoms with Crippen molar-refractivity contribution < 1.29 is 18.7 Å². The number of carbonyl (C=O) groups is 1. The second kappa shape index (κ2) is 10.3. The molecule has 1 aliphatic heterocycles. The Labute approximate surface area is 213 Å². The number of nitrogens with one attached hydrogen (secondary N) is 1. The third kappa shape index (κ3) is 4.57. The number of likely N-dealkylation sites (tertiary alicyclic amines) is 1. The fourth-order valence-corrected chi connectivity index (χ4v) is 4.60. The second-order valence-electron chi connectivity index (χ2n) is 8.59. The molecule has 3 aromatic heterocycles. The van der Waals surface area contributed by atoms with Crippen LogP contribution in [0.5, 0.6) is 17.4 Å². The number of rotatable bonds is 7. The predicted octanol–water partition coefficient (Wildman–Crippen LogP) is 4.67. The smallest absolute Gasteiger partial charge is 0.255 e. The molecule has 37 heavy (non-hydrogen) atoms. The van der Waals surface area contributed by atoms with Gasteiger partial charge >= 0.3 is 0 Å². The van der Waals surface area contributed by atoms with Crippen LogP contribution in [0.4, 0.5) is 10.3 Å². The zero-order chi connectivity index (χ0) is 25.9. The van der Waals surface area contributed by atoms with E-state index in [4.69, 9.17) is 14.5 Å². The van der Waals surface area contributed by atoms with Gasteiger partial charge in [-0.1, -0.05) is 6.08 Å². The van der Waals surface area contributed by atoms with Crippen LogP contribution < -0.4 is 14.8 Å². The lowest BCUT2D eigenvalue weighted by molar-refractivity contribution is -0.125. The highest BCUT2D eigenvalue weighted by Crippen LogP contribution is 2.38. The van der Waals surface area contributed by atoms with Gasteiger partial charge in [-0.3, -0.25) is 9.20 Å². The first-order valence-electron chi connectivity index (χ1n) is 12.0. The third-order valence-electron chi connectivity index (χ3n) is 6.36. The summed E-state index contributed by atoms with van der Waals surface area (Å²) in [4.78, 5) is 27.7. The summed E-state index contributed by atoms with van der Waals surface area (Å²) in [7, 11) is 3.32. The maximum Gasteiger partial charge on any atom is 0.255 e. The van der Waals surface area contributed by atoms with E-state index in [1.807, 2.05) is 28.4 Å². The average molecular weight is 503 g/mol. The monoisotopic (exact) mass is 502 g/mol. The molecule has 1 saturated heterocycles. The van der Waals surface area contributed by atoms with Crippen LogP contribution in [-0.2, 0) is 4.79 Å². The average Bonchev–Trinajstić information content (AvgIpc) is 3.56. The minimum Gasteiger partial charge on any atom is -0.493 e. The van der Waals surface area contributed by atoms with Crippen LogP contribution in [0.25, 0.3) is 16.9 Å². The number of fused-ring (bicyclic) bond motifs is 1. The number of amides is 1.